The number of anilines is 1. The number of hydrogen-bond donors (Lipinski definition) is 0. The van der Waals surface area contributed by atoms with Crippen LogP contribution in [0.15, 0.2) is 54.7 Å². The summed E-state index contributed by atoms with van der Waals surface area (Å²) >= 11 is 0. The zero-order chi connectivity index (χ0) is 23.3. The van der Waals surface area contributed by atoms with E-state index >= 15 is 0 Å². The first-order valence-corrected chi connectivity index (χ1v) is 10.8. The highest BCUT2D eigenvalue weighted by molar-refractivity contribution is 5.61. The highest BCUT2D eigenvalue weighted by Gasteiger charge is 2.30. The molecular formula is C24H23F3N6. The molecule has 1 aliphatic heterocycles. The summed E-state index contributed by atoms with van der Waals surface area (Å²) in [6.45, 7) is 4.55. The molecule has 0 N–H and O–H groups in total. The van der Waals surface area contributed by atoms with Crippen LogP contribution in [-0.2, 0) is 12.6 Å². The fourth-order valence-corrected chi connectivity index (χ4v) is 3.90. The summed E-state index contributed by atoms with van der Waals surface area (Å²) in [4.78, 5) is 17.4. The van der Waals surface area contributed by atoms with Gasteiger partial charge in [-0.2, -0.15) is 18.4 Å². The molecular weight excluding hydrogens is 429 g/mol. The Morgan fingerprint density at radius 3 is 2.48 bits per heavy atom. The molecule has 3 heterocycles. The van der Waals surface area contributed by atoms with Gasteiger partial charge in [0.25, 0.3) is 0 Å². The third-order valence-corrected chi connectivity index (χ3v) is 5.62. The highest BCUT2D eigenvalue weighted by atomic mass is 19.4. The lowest BCUT2D eigenvalue weighted by Gasteiger charge is -2.35. The number of hydrogen-bond acceptors (Lipinski definition) is 6. The van der Waals surface area contributed by atoms with Crippen molar-refractivity contribution >= 4 is 5.82 Å². The van der Waals surface area contributed by atoms with Crippen LogP contribution in [0.3, 0.4) is 0 Å². The van der Waals surface area contributed by atoms with E-state index in [0.29, 0.717) is 23.4 Å². The summed E-state index contributed by atoms with van der Waals surface area (Å²) in [5, 5.41) is 9.29. The Kier molecular flexibility index (Phi) is 6.84. The van der Waals surface area contributed by atoms with E-state index in [1.54, 1.807) is 18.3 Å². The molecule has 1 aromatic carbocycles. The minimum Gasteiger partial charge on any atom is -0.354 e. The van der Waals surface area contributed by atoms with E-state index in [1.807, 2.05) is 24.3 Å². The lowest BCUT2D eigenvalue weighted by Crippen LogP contribution is -2.47. The van der Waals surface area contributed by atoms with Gasteiger partial charge in [0, 0.05) is 43.6 Å². The number of piperazine rings is 1. The molecule has 1 aliphatic rings. The molecule has 33 heavy (non-hydrogen) atoms. The monoisotopic (exact) mass is 452 g/mol. The molecule has 0 radical (unpaired) electrons. The minimum atomic E-state index is -4.44. The number of aryl methyl sites for hydroxylation is 1. The molecule has 0 saturated carbocycles. The second-order valence-electron chi connectivity index (χ2n) is 7.88. The van der Waals surface area contributed by atoms with E-state index in [1.165, 1.54) is 6.07 Å². The van der Waals surface area contributed by atoms with Crippen LogP contribution in [0.4, 0.5) is 19.0 Å². The van der Waals surface area contributed by atoms with Crippen LogP contribution in [0, 0.1) is 11.3 Å². The third-order valence-electron chi connectivity index (χ3n) is 5.62. The van der Waals surface area contributed by atoms with E-state index in [9.17, 15) is 18.4 Å². The summed E-state index contributed by atoms with van der Waals surface area (Å²) in [6.07, 6.45) is -1.20. The van der Waals surface area contributed by atoms with Crippen molar-refractivity contribution in [1.29, 1.82) is 5.26 Å². The Hall–Kier alpha value is -3.51. The number of benzene rings is 1. The molecule has 170 valence electrons. The molecule has 0 unspecified atom stereocenters. The lowest BCUT2D eigenvalue weighted by molar-refractivity contribution is -0.137. The molecule has 0 aliphatic carbocycles. The standard InChI is InChI=1S/C24H23F3N6/c25-24(26,27)19-6-3-5-18(15-19)21-16-20(30-22(17-28)31-21)7-4-10-32-11-13-33(14-12-32)23-8-1-2-9-29-23/h1-3,5-6,8-9,15-16H,4,7,10-14H2. The first-order chi connectivity index (χ1) is 15.9. The van der Waals surface area contributed by atoms with Crippen LogP contribution in [0.5, 0.6) is 0 Å². The van der Waals surface area contributed by atoms with E-state index < -0.39 is 11.7 Å². The maximum atomic E-state index is 13.1. The normalized spacial score (nSPS) is 14.8. The van der Waals surface area contributed by atoms with Crippen LogP contribution in [-0.4, -0.2) is 52.6 Å². The van der Waals surface area contributed by atoms with Gasteiger partial charge in [-0.25, -0.2) is 15.0 Å². The van der Waals surface area contributed by atoms with Crippen molar-refractivity contribution in [3.63, 3.8) is 0 Å². The van der Waals surface area contributed by atoms with Crippen LogP contribution < -0.4 is 4.90 Å². The van der Waals surface area contributed by atoms with E-state index in [0.717, 1.165) is 57.1 Å². The predicted octanol–water partition coefficient (Wildman–Crippen LogP) is 4.18. The van der Waals surface area contributed by atoms with Crippen molar-refractivity contribution in [1.82, 2.24) is 19.9 Å². The van der Waals surface area contributed by atoms with Gasteiger partial charge in [0.1, 0.15) is 11.9 Å². The average Bonchev–Trinajstić information content (AvgIpc) is 2.84. The van der Waals surface area contributed by atoms with Crippen LogP contribution in [0.1, 0.15) is 23.5 Å². The van der Waals surface area contributed by atoms with Crippen molar-refractivity contribution in [2.24, 2.45) is 0 Å². The van der Waals surface area contributed by atoms with Gasteiger partial charge in [0.2, 0.25) is 5.82 Å². The van der Waals surface area contributed by atoms with Crippen molar-refractivity contribution in [2.45, 2.75) is 19.0 Å². The molecule has 0 spiro atoms. The number of nitriles is 1. The zero-order valence-corrected chi connectivity index (χ0v) is 18.0. The molecule has 1 fully saturated rings. The zero-order valence-electron chi connectivity index (χ0n) is 18.0. The molecule has 4 rings (SSSR count). The SMILES string of the molecule is N#Cc1nc(CCCN2CCN(c3ccccn3)CC2)cc(-c2cccc(C(F)(F)F)c2)n1. The van der Waals surface area contributed by atoms with Crippen molar-refractivity contribution in [3.8, 4) is 17.3 Å². The van der Waals surface area contributed by atoms with Crippen LogP contribution in [0.2, 0.25) is 0 Å². The van der Waals surface area contributed by atoms with Crippen molar-refractivity contribution in [3.05, 3.63) is 71.8 Å². The smallest absolute Gasteiger partial charge is 0.354 e. The Bertz CT molecular complexity index is 1120. The number of aromatic nitrogens is 3. The maximum absolute atomic E-state index is 13.1. The topological polar surface area (TPSA) is 68.9 Å². The number of halogens is 3. The molecule has 3 aromatic rings. The first-order valence-electron chi connectivity index (χ1n) is 10.8. The fraction of sp³-hybridized carbons (Fsp3) is 0.333. The van der Waals surface area contributed by atoms with Gasteiger partial charge in [-0.3, -0.25) is 4.90 Å². The van der Waals surface area contributed by atoms with Gasteiger partial charge in [-0.05, 0) is 49.7 Å². The van der Waals surface area contributed by atoms with Gasteiger partial charge in [-0.15, -0.1) is 0 Å². The summed E-state index contributed by atoms with van der Waals surface area (Å²) in [7, 11) is 0. The van der Waals surface area contributed by atoms with Crippen LogP contribution >= 0.6 is 0 Å². The second kappa shape index (κ2) is 9.96. The molecule has 0 amide bonds. The van der Waals surface area contributed by atoms with Gasteiger partial charge in [-0.1, -0.05) is 18.2 Å². The van der Waals surface area contributed by atoms with Gasteiger partial charge < -0.3 is 4.90 Å². The average molecular weight is 452 g/mol. The Labute approximate surface area is 190 Å². The molecule has 1 saturated heterocycles. The quantitative estimate of drug-likeness (QED) is 0.559. The molecule has 9 heteroatoms. The molecule has 0 bridgehead atoms. The van der Waals surface area contributed by atoms with Gasteiger partial charge >= 0.3 is 6.18 Å². The number of pyridine rings is 1. The van der Waals surface area contributed by atoms with E-state index in [-0.39, 0.29) is 5.82 Å². The van der Waals surface area contributed by atoms with Gasteiger partial charge in [0.15, 0.2) is 0 Å². The summed E-state index contributed by atoms with van der Waals surface area (Å²) in [5.41, 5.74) is 0.548. The van der Waals surface area contributed by atoms with Gasteiger partial charge in [0.05, 0.1) is 11.3 Å². The Morgan fingerprint density at radius 1 is 0.970 bits per heavy atom. The lowest BCUT2D eigenvalue weighted by atomic mass is 10.1. The highest BCUT2D eigenvalue weighted by Crippen LogP contribution is 2.32. The number of nitrogens with zero attached hydrogens (tertiary/aromatic N) is 6. The maximum Gasteiger partial charge on any atom is 0.416 e. The van der Waals surface area contributed by atoms with E-state index in [4.69, 9.17) is 0 Å². The number of rotatable bonds is 6. The minimum absolute atomic E-state index is 0.0381. The molecule has 2 aromatic heterocycles. The molecule has 6 nitrogen and oxygen atoms in total. The van der Waals surface area contributed by atoms with Crippen LogP contribution in [0.25, 0.3) is 11.3 Å². The Balaban J connectivity index is 1.37. The summed E-state index contributed by atoms with van der Waals surface area (Å²) in [5.74, 6) is 0.952. The molecule has 0 atom stereocenters. The van der Waals surface area contributed by atoms with E-state index in [2.05, 4.69) is 24.8 Å². The second-order valence-corrected chi connectivity index (χ2v) is 7.88. The fourth-order valence-electron chi connectivity index (χ4n) is 3.90. The number of alkyl halides is 3. The third kappa shape index (κ3) is 5.84. The summed E-state index contributed by atoms with van der Waals surface area (Å²) in [6, 6.07) is 14.5. The predicted molar refractivity (Wildman–Crippen MR) is 118 cm³/mol. The Morgan fingerprint density at radius 2 is 1.79 bits per heavy atom. The summed E-state index contributed by atoms with van der Waals surface area (Å²) < 4.78 is 39.2. The van der Waals surface area contributed by atoms with Crippen molar-refractivity contribution < 1.29 is 13.2 Å². The first kappa shape index (κ1) is 22.7. The van der Waals surface area contributed by atoms with Crippen molar-refractivity contribution in [2.75, 3.05) is 37.6 Å². The largest absolute Gasteiger partial charge is 0.416 e.